The lowest BCUT2D eigenvalue weighted by atomic mass is 10.4. The van der Waals surface area contributed by atoms with E-state index in [1.165, 1.54) is 5.57 Å². The van der Waals surface area contributed by atoms with E-state index in [9.17, 15) is 0 Å². The van der Waals surface area contributed by atoms with Gasteiger partial charge in [-0.05, 0) is 20.8 Å². The van der Waals surface area contributed by atoms with Crippen molar-refractivity contribution in [1.82, 2.24) is 0 Å². The molecule has 0 aromatic carbocycles. The Bertz CT molecular complexity index is 56.4. The Balaban J connectivity index is -0.0000000315. The van der Waals surface area contributed by atoms with Crippen LogP contribution in [-0.2, 0) is 0 Å². The number of allylic oxidation sites excluding steroid dienone is 2. The lowest BCUT2D eigenvalue weighted by Crippen LogP contribution is -1.43. The third kappa shape index (κ3) is 790. The zero-order valence-corrected chi connectivity index (χ0v) is 8.91. The second-order valence-corrected chi connectivity index (χ2v) is 1.62. The van der Waals surface area contributed by atoms with Gasteiger partial charge in [-0.2, -0.15) is 0 Å². The Morgan fingerprint density at radius 2 is 1.09 bits per heavy atom. The molecule has 0 aromatic heterocycles. The maximum absolute atomic E-state index is 3.56. The quantitative estimate of drug-likeness (QED) is 0.449. The van der Waals surface area contributed by atoms with Gasteiger partial charge in [-0.25, -0.2) is 0 Å². The summed E-state index contributed by atoms with van der Waals surface area (Å²) < 4.78 is 0. The van der Waals surface area contributed by atoms with Crippen LogP contribution in [0.15, 0.2) is 38.0 Å². The van der Waals surface area contributed by atoms with Crippen LogP contribution in [0.1, 0.15) is 34.6 Å². The maximum atomic E-state index is 3.56. The first-order valence-electron chi connectivity index (χ1n) is 3.84. The molecule has 0 bridgehead atoms. The van der Waals surface area contributed by atoms with Gasteiger partial charge in [0.1, 0.15) is 0 Å². The molecule has 0 saturated carbocycles. The van der Waals surface area contributed by atoms with Gasteiger partial charge in [0.05, 0.1) is 0 Å². The van der Waals surface area contributed by atoms with Gasteiger partial charge >= 0.3 is 0 Å². The van der Waals surface area contributed by atoms with Crippen molar-refractivity contribution in [3.05, 3.63) is 38.0 Å². The van der Waals surface area contributed by atoms with Gasteiger partial charge in [0.15, 0.2) is 0 Å². The minimum Gasteiger partial charge on any atom is -0.106 e. The van der Waals surface area contributed by atoms with Crippen molar-refractivity contribution < 1.29 is 0 Å². The van der Waals surface area contributed by atoms with Crippen LogP contribution in [0, 0.1) is 0 Å². The van der Waals surface area contributed by atoms with Crippen LogP contribution >= 0.6 is 0 Å². The third-order valence-electron chi connectivity index (χ3n) is 0. The molecule has 0 radical (unpaired) electrons. The second-order valence-electron chi connectivity index (χ2n) is 1.62. The minimum absolute atomic E-state index is 1.17. The summed E-state index contributed by atoms with van der Waals surface area (Å²) >= 11 is 0. The van der Waals surface area contributed by atoms with Crippen molar-refractivity contribution in [2.75, 3.05) is 0 Å². The first-order valence-corrected chi connectivity index (χ1v) is 3.84. The van der Waals surface area contributed by atoms with E-state index < -0.39 is 0 Å². The summed E-state index contributed by atoms with van der Waals surface area (Å²) in [4.78, 5) is 0. The molecule has 0 aliphatic rings. The molecule has 0 heteroatoms. The first kappa shape index (κ1) is 22.5. The van der Waals surface area contributed by atoms with Gasteiger partial charge in [-0.15, -0.1) is 26.3 Å². The van der Waals surface area contributed by atoms with Crippen molar-refractivity contribution in [3.8, 4) is 0 Å². The fraction of sp³-hybridized carbons (Fsp3) is 0.455. The SMILES string of the molecule is C=C.C=C(C)C.C=CC.CC. The number of rotatable bonds is 0. The van der Waals surface area contributed by atoms with E-state index in [2.05, 4.69) is 26.3 Å². The van der Waals surface area contributed by atoms with Crippen molar-refractivity contribution in [2.45, 2.75) is 34.6 Å². The summed E-state index contributed by atoms with van der Waals surface area (Å²) in [5.41, 5.74) is 1.17. The Kier molecular flexibility index (Phi) is 123. The molecule has 0 aromatic rings. The Hall–Kier alpha value is -0.780. The molecule has 0 N–H and O–H groups in total. The molecular weight excluding hydrogens is 132 g/mol. The van der Waals surface area contributed by atoms with Crippen LogP contribution in [-0.4, -0.2) is 0 Å². The van der Waals surface area contributed by atoms with E-state index in [0.717, 1.165) is 0 Å². The summed E-state index contributed by atoms with van der Waals surface area (Å²) in [6.45, 7) is 22.8. The maximum Gasteiger partial charge on any atom is -0.0445 e. The van der Waals surface area contributed by atoms with Crippen LogP contribution in [0.5, 0.6) is 0 Å². The average Bonchev–Trinajstić information content (AvgIpc) is 1.96. The van der Waals surface area contributed by atoms with E-state index in [1.807, 2.05) is 34.6 Å². The zero-order chi connectivity index (χ0) is 10.3. The highest BCUT2D eigenvalue weighted by Gasteiger charge is 1.51. The molecule has 0 atom stereocenters. The molecular formula is C11H24. The monoisotopic (exact) mass is 156 g/mol. The van der Waals surface area contributed by atoms with E-state index in [-0.39, 0.29) is 0 Å². The zero-order valence-electron chi connectivity index (χ0n) is 8.91. The topological polar surface area (TPSA) is 0 Å². The predicted octanol–water partition coefficient (Wildman–Crippen LogP) is 4.60. The fourth-order valence-electron chi connectivity index (χ4n) is 0. The molecule has 0 nitrogen and oxygen atoms in total. The van der Waals surface area contributed by atoms with Gasteiger partial charge in [0.25, 0.3) is 0 Å². The summed E-state index contributed by atoms with van der Waals surface area (Å²) in [7, 11) is 0. The van der Waals surface area contributed by atoms with Gasteiger partial charge in [0.2, 0.25) is 0 Å². The third-order valence-corrected chi connectivity index (χ3v) is 0. The van der Waals surface area contributed by atoms with E-state index >= 15 is 0 Å². The van der Waals surface area contributed by atoms with Crippen molar-refractivity contribution in [2.24, 2.45) is 0 Å². The second kappa shape index (κ2) is 60.1. The molecule has 0 amide bonds. The lowest BCUT2D eigenvalue weighted by molar-refractivity contribution is 1.42. The molecule has 0 saturated heterocycles. The largest absolute Gasteiger partial charge is 0.106 e. The van der Waals surface area contributed by atoms with Crippen LogP contribution in [0.2, 0.25) is 0 Å². The van der Waals surface area contributed by atoms with Crippen molar-refractivity contribution >= 4 is 0 Å². The van der Waals surface area contributed by atoms with E-state index in [4.69, 9.17) is 0 Å². The minimum atomic E-state index is 1.17. The van der Waals surface area contributed by atoms with E-state index in [0.29, 0.717) is 0 Å². The molecule has 0 spiro atoms. The Morgan fingerprint density at radius 3 is 1.09 bits per heavy atom. The molecule has 0 heterocycles. The molecule has 0 aliphatic carbocycles. The van der Waals surface area contributed by atoms with Crippen molar-refractivity contribution in [3.63, 3.8) is 0 Å². The number of hydrogen-bond acceptors (Lipinski definition) is 0. The normalized spacial score (nSPS) is 4.45. The highest BCUT2D eigenvalue weighted by atomic mass is 13.6. The summed E-state index contributed by atoms with van der Waals surface area (Å²) in [5.74, 6) is 0. The molecule has 0 aliphatic heterocycles. The van der Waals surface area contributed by atoms with Gasteiger partial charge in [0, 0.05) is 0 Å². The summed E-state index contributed by atoms with van der Waals surface area (Å²) in [6, 6.07) is 0. The van der Waals surface area contributed by atoms with Crippen LogP contribution in [0.25, 0.3) is 0 Å². The number of hydrogen-bond donors (Lipinski definition) is 0. The van der Waals surface area contributed by atoms with Gasteiger partial charge < -0.3 is 0 Å². The van der Waals surface area contributed by atoms with Crippen molar-refractivity contribution in [1.29, 1.82) is 0 Å². The van der Waals surface area contributed by atoms with Crippen LogP contribution in [0.4, 0.5) is 0 Å². The molecule has 0 rings (SSSR count). The molecule has 0 fully saturated rings. The predicted molar refractivity (Wildman–Crippen MR) is 59.0 cm³/mol. The highest BCUT2D eigenvalue weighted by molar-refractivity contribution is 4.78. The summed E-state index contributed by atoms with van der Waals surface area (Å²) in [6.07, 6.45) is 1.75. The smallest absolute Gasteiger partial charge is 0.0445 e. The summed E-state index contributed by atoms with van der Waals surface area (Å²) in [5, 5.41) is 0. The molecule has 11 heavy (non-hydrogen) atoms. The van der Waals surface area contributed by atoms with Crippen LogP contribution < -0.4 is 0 Å². The average molecular weight is 156 g/mol. The Labute approximate surface area is 73.3 Å². The lowest BCUT2D eigenvalue weighted by Gasteiger charge is -1.65. The first-order chi connectivity index (χ1) is 5.15. The molecule has 0 unspecified atom stereocenters. The Morgan fingerprint density at radius 1 is 1.09 bits per heavy atom. The standard InChI is InChI=1S/C4H8.C3H6.C2H6.C2H4/c1-4(2)3;1-3-2;2*1-2/h1H2,2-3H3;3H,1H2,2H3;1-2H3;1-2H2. The highest BCUT2D eigenvalue weighted by Crippen LogP contribution is 1.73. The fourth-order valence-corrected chi connectivity index (χ4v) is 0. The van der Waals surface area contributed by atoms with Gasteiger partial charge in [-0.1, -0.05) is 25.5 Å². The van der Waals surface area contributed by atoms with E-state index in [1.54, 1.807) is 6.08 Å². The van der Waals surface area contributed by atoms with Crippen LogP contribution in [0.3, 0.4) is 0 Å². The molecule has 68 valence electrons. The van der Waals surface area contributed by atoms with Gasteiger partial charge in [-0.3, -0.25) is 0 Å².